The normalized spacial score (nSPS) is 12.6. The number of esters is 1. The fraction of sp³-hybridized carbons (Fsp3) is 0.296. The average molecular weight is 462 g/mol. The first-order chi connectivity index (χ1) is 16.4. The number of hydrogen-bond donors (Lipinski definition) is 3. The molecular formula is C27H31N3O4. The maximum atomic E-state index is 12.6. The largest absolute Gasteiger partial charge is 0.461 e. The minimum atomic E-state index is -0.797. The van der Waals surface area contributed by atoms with E-state index in [0.717, 1.165) is 21.9 Å². The van der Waals surface area contributed by atoms with Crippen LogP contribution in [0.25, 0.3) is 10.8 Å². The van der Waals surface area contributed by atoms with Crippen LogP contribution < -0.4 is 16.8 Å². The minimum absolute atomic E-state index is 0.0110. The molecule has 0 aliphatic heterocycles. The SMILES string of the molecule is NC(=O)C[C@H](Cc1ccc2ccccc2c1)NC(=O)[C@@H](N)CCCC(=O)OCc1ccccc1. The van der Waals surface area contributed by atoms with E-state index < -0.39 is 18.0 Å². The molecule has 0 bridgehead atoms. The summed E-state index contributed by atoms with van der Waals surface area (Å²) in [6.45, 7) is 0.218. The third-order valence-corrected chi connectivity index (χ3v) is 5.57. The first kappa shape index (κ1) is 24.9. The van der Waals surface area contributed by atoms with E-state index >= 15 is 0 Å². The van der Waals surface area contributed by atoms with Gasteiger partial charge in [-0.25, -0.2) is 0 Å². The van der Waals surface area contributed by atoms with Gasteiger partial charge in [-0.1, -0.05) is 72.8 Å². The first-order valence-corrected chi connectivity index (χ1v) is 11.4. The van der Waals surface area contributed by atoms with Gasteiger partial charge in [0.25, 0.3) is 0 Å². The number of nitrogens with two attached hydrogens (primary N) is 2. The zero-order valence-electron chi connectivity index (χ0n) is 19.1. The van der Waals surface area contributed by atoms with Crippen molar-refractivity contribution >= 4 is 28.6 Å². The highest BCUT2D eigenvalue weighted by atomic mass is 16.5. The Morgan fingerprint density at radius 2 is 1.59 bits per heavy atom. The number of carbonyl (C=O) groups excluding carboxylic acids is 3. The van der Waals surface area contributed by atoms with Crippen molar-refractivity contribution < 1.29 is 19.1 Å². The molecule has 3 aromatic carbocycles. The molecule has 0 saturated heterocycles. The third kappa shape index (κ3) is 8.01. The molecule has 0 spiro atoms. The van der Waals surface area contributed by atoms with Crippen molar-refractivity contribution in [3.8, 4) is 0 Å². The van der Waals surface area contributed by atoms with Gasteiger partial charge in [-0.15, -0.1) is 0 Å². The molecule has 178 valence electrons. The second kappa shape index (κ2) is 12.5. The van der Waals surface area contributed by atoms with Crippen molar-refractivity contribution in [3.63, 3.8) is 0 Å². The molecule has 2 atom stereocenters. The van der Waals surface area contributed by atoms with Crippen molar-refractivity contribution in [2.24, 2.45) is 11.5 Å². The predicted molar refractivity (Wildman–Crippen MR) is 131 cm³/mol. The van der Waals surface area contributed by atoms with E-state index in [2.05, 4.69) is 5.32 Å². The number of benzene rings is 3. The zero-order valence-corrected chi connectivity index (χ0v) is 19.1. The zero-order chi connectivity index (χ0) is 24.3. The van der Waals surface area contributed by atoms with Crippen molar-refractivity contribution in [2.45, 2.75) is 50.8 Å². The van der Waals surface area contributed by atoms with Crippen molar-refractivity contribution in [3.05, 3.63) is 83.9 Å². The summed E-state index contributed by atoms with van der Waals surface area (Å²) in [5.74, 6) is -1.20. The molecule has 2 amide bonds. The number of ether oxygens (including phenoxy) is 1. The number of nitrogens with one attached hydrogen (secondary N) is 1. The lowest BCUT2D eigenvalue weighted by molar-refractivity contribution is -0.145. The molecule has 3 rings (SSSR count). The van der Waals surface area contributed by atoms with Crippen LogP contribution in [-0.4, -0.2) is 29.9 Å². The van der Waals surface area contributed by atoms with E-state index in [1.807, 2.05) is 72.8 Å². The van der Waals surface area contributed by atoms with Gasteiger partial charge in [0.2, 0.25) is 11.8 Å². The van der Waals surface area contributed by atoms with E-state index in [4.69, 9.17) is 16.2 Å². The van der Waals surface area contributed by atoms with Gasteiger partial charge in [-0.05, 0) is 41.2 Å². The monoisotopic (exact) mass is 461 g/mol. The molecule has 0 aliphatic carbocycles. The summed E-state index contributed by atoms with van der Waals surface area (Å²) >= 11 is 0. The van der Waals surface area contributed by atoms with Crippen LogP contribution >= 0.6 is 0 Å². The molecule has 7 heteroatoms. The maximum Gasteiger partial charge on any atom is 0.306 e. The fourth-order valence-corrected chi connectivity index (χ4v) is 3.78. The number of fused-ring (bicyclic) bond motifs is 1. The van der Waals surface area contributed by atoms with Crippen molar-refractivity contribution in [1.82, 2.24) is 5.32 Å². The second-order valence-corrected chi connectivity index (χ2v) is 8.41. The lowest BCUT2D eigenvalue weighted by atomic mass is 9.99. The molecule has 5 N–H and O–H groups in total. The highest BCUT2D eigenvalue weighted by molar-refractivity contribution is 5.84. The third-order valence-electron chi connectivity index (χ3n) is 5.57. The summed E-state index contributed by atoms with van der Waals surface area (Å²) in [6, 6.07) is 22.2. The molecule has 0 fully saturated rings. The van der Waals surface area contributed by atoms with Crippen LogP contribution in [0.15, 0.2) is 72.8 Å². The molecule has 34 heavy (non-hydrogen) atoms. The summed E-state index contributed by atoms with van der Waals surface area (Å²) in [7, 11) is 0. The van der Waals surface area contributed by atoms with Gasteiger partial charge in [0.15, 0.2) is 0 Å². The summed E-state index contributed by atoms with van der Waals surface area (Å²) in [4.78, 5) is 36.1. The lowest BCUT2D eigenvalue weighted by Crippen LogP contribution is -2.47. The van der Waals surface area contributed by atoms with E-state index in [1.54, 1.807) is 0 Å². The Kier molecular flexibility index (Phi) is 9.17. The smallest absolute Gasteiger partial charge is 0.306 e. The van der Waals surface area contributed by atoms with Gasteiger partial charge < -0.3 is 21.5 Å². The minimum Gasteiger partial charge on any atom is -0.461 e. The van der Waals surface area contributed by atoms with E-state index in [0.29, 0.717) is 19.3 Å². The van der Waals surface area contributed by atoms with Crippen LogP contribution in [0.4, 0.5) is 0 Å². The first-order valence-electron chi connectivity index (χ1n) is 11.4. The van der Waals surface area contributed by atoms with Gasteiger partial charge in [0.1, 0.15) is 6.61 Å². The van der Waals surface area contributed by atoms with E-state index in [-0.39, 0.29) is 31.3 Å². The number of hydrogen-bond acceptors (Lipinski definition) is 5. The standard InChI is InChI=1S/C27H31N3O4/c28-24(11-6-12-26(32)34-18-19-7-2-1-3-8-19)27(33)30-23(17-25(29)31)16-20-13-14-21-9-4-5-10-22(21)15-20/h1-5,7-10,13-15,23-24H,6,11-12,16-18,28H2,(H2,29,31)(H,30,33)/t23-,24-/m0/s1. The highest BCUT2D eigenvalue weighted by Crippen LogP contribution is 2.17. The topological polar surface area (TPSA) is 125 Å². The molecule has 0 aliphatic rings. The van der Waals surface area contributed by atoms with Crippen LogP contribution in [0, 0.1) is 0 Å². The molecule has 0 aromatic heterocycles. The van der Waals surface area contributed by atoms with Gasteiger partial charge in [0.05, 0.1) is 6.04 Å². The Morgan fingerprint density at radius 1 is 0.882 bits per heavy atom. The summed E-state index contributed by atoms with van der Waals surface area (Å²) in [5, 5.41) is 5.05. The Morgan fingerprint density at radius 3 is 2.32 bits per heavy atom. The van der Waals surface area contributed by atoms with Crippen LogP contribution in [0.3, 0.4) is 0 Å². The summed E-state index contributed by atoms with van der Waals surface area (Å²) < 4.78 is 5.24. The lowest BCUT2D eigenvalue weighted by Gasteiger charge is -2.20. The maximum absolute atomic E-state index is 12.6. The number of rotatable bonds is 12. The van der Waals surface area contributed by atoms with Crippen LogP contribution in [0.2, 0.25) is 0 Å². The summed E-state index contributed by atoms with van der Waals surface area (Å²) in [6.07, 6.45) is 1.39. The van der Waals surface area contributed by atoms with Gasteiger partial charge in [0, 0.05) is 18.9 Å². The Bertz CT molecular complexity index is 1120. The Labute approximate surface area is 199 Å². The molecule has 0 heterocycles. The average Bonchev–Trinajstić information content (AvgIpc) is 2.82. The predicted octanol–water partition coefficient (Wildman–Crippen LogP) is 2.98. The van der Waals surface area contributed by atoms with Crippen LogP contribution in [0.1, 0.15) is 36.8 Å². The Balaban J connectivity index is 1.46. The van der Waals surface area contributed by atoms with Gasteiger partial charge >= 0.3 is 5.97 Å². The van der Waals surface area contributed by atoms with Crippen LogP contribution in [-0.2, 0) is 32.1 Å². The van der Waals surface area contributed by atoms with E-state index in [9.17, 15) is 14.4 Å². The molecule has 3 aromatic rings. The molecule has 0 unspecified atom stereocenters. The number of primary amides is 1. The quantitative estimate of drug-likeness (QED) is 0.358. The second-order valence-electron chi connectivity index (χ2n) is 8.41. The number of amides is 2. The van der Waals surface area contributed by atoms with Gasteiger partial charge in [-0.3, -0.25) is 14.4 Å². The Hall–Kier alpha value is -3.71. The fourth-order valence-electron chi connectivity index (χ4n) is 3.78. The van der Waals surface area contributed by atoms with Crippen LogP contribution in [0.5, 0.6) is 0 Å². The molecule has 0 radical (unpaired) electrons. The molecular weight excluding hydrogens is 430 g/mol. The van der Waals surface area contributed by atoms with Crippen molar-refractivity contribution in [2.75, 3.05) is 0 Å². The van der Waals surface area contributed by atoms with E-state index in [1.165, 1.54) is 0 Å². The number of carbonyl (C=O) groups is 3. The molecule has 7 nitrogen and oxygen atoms in total. The van der Waals surface area contributed by atoms with Gasteiger partial charge in [-0.2, -0.15) is 0 Å². The molecule has 0 saturated carbocycles. The highest BCUT2D eigenvalue weighted by Gasteiger charge is 2.20. The van der Waals surface area contributed by atoms with Crippen molar-refractivity contribution in [1.29, 1.82) is 0 Å². The summed E-state index contributed by atoms with van der Waals surface area (Å²) in [5.41, 5.74) is 13.3.